The Morgan fingerprint density at radius 2 is 1.83 bits per heavy atom. The molecule has 0 fully saturated rings. The lowest BCUT2D eigenvalue weighted by Crippen LogP contribution is -2.19. The van der Waals surface area contributed by atoms with Gasteiger partial charge in [0, 0.05) is 0 Å². The van der Waals surface area contributed by atoms with Gasteiger partial charge in [0.05, 0.1) is 24.1 Å². The van der Waals surface area contributed by atoms with Crippen LogP contribution < -0.4 is 4.72 Å². The van der Waals surface area contributed by atoms with Gasteiger partial charge in [-0.25, -0.2) is 13.2 Å². The molecule has 1 aromatic rings. The van der Waals surface area contributed by atoms with Crippen molar-refractivity contribution in [3.8, 4) is 5.75 Å². The zero-order chi connectivity index (χ0) is 17.3. The molecule has 0 aliphatic carbocycles. The minimum Gasteiger partial charge on any atom is -0.508 e. The second kappa shape index (κ2) is 9.39. The van der Waals surface area contributed by atoms with Crippen molar-refractivity contribution in [2.45, 2.75) is 45.4 Å². The summed E-state index contributed by atoms with van der Waals surface area (Å²) in [6.45, 7) is 2.13. The van der Waals surface area contributed by atoms with Gasteiger partial charge in [-0.15, -0.1) is 0 Å². The average molecular weight is 343 g/mol. The van der Waals surface area contributed by atoms with Crippen molar-refractivity contribution < 1.29 is 23.1 Å². The Kier molecular flexibility index (Phi) is 7.88. The van der Waals surface area contributed by atoms with Crippen molar-refractivity contribution in [3.63, 3.8) is 0 Å². The normalized spacial score (nSPS) is 11.2. The smallest absolute Gasteiger partial charge is 0.340 e. The number of phenols is 1. The summed E-state index contributed by atoms with van der Waals surface area (Å²) in [5.41, 5.74) is 0.0969. The monoisotopic (exact) mass is 343 g/mol. The Hall–Kier alpha value is -1.76. The van der Waals surface area contributed by atoms with Crippen LogP contribution in [0.4, 0.5) is 5.69 Å². The first kappa shape index (κ1) is 19.3. The van der Waals surface area contributed by atoms with Gasteiger partial charge in [-0.2, -0.15) is 0 Å². The first-order chi connectivity index (χ1) is 10.9. The number of aromatic hydroxyl groups is 1. The van der Waals surface area contributed by atoms with E-state index in [0.717, 1.165) is 25.7 Å². The highest BCUT2D eigenvalue weighted by molar-refractivity contribution is 7.92. The lowest BCUT2D eigenvalue weighted by molar-refractivity contribution is 0.0601. The predicted octanol–water partition coefficient (Wildman–Crippen LogP) is 3.28. The molecule has 0 saturated carbocycles. The fourth-order valence-corrected chi connectivity index (χ4v) is 3.39. The highest BCUT2D eigenvalue weighted by Gasteiger charge is 2.17. The average Bonchev–Trinajstić information content (AvgIpc) is 2.51. The molecule has 130 valence electrons. The summed E-state index contributed by atoms with van der Waals surface area (Å²) in [7, 11) is -2.35. The molecular weight excluding hydrogens is 318 g/mol. The van der Waals surface area contributed by atoms with Crippen LogP contribution in [0.5, 0.6) is 5.75 Å². The van der Waals surface area contributed by atoms with Gasteiger partial charge in [0.2, 0.25) is 10.0 Å². The summed E-state index contributed by atoms with van der Waals surface area (Å²) >= 11 is 0. The number of nitrogens with one attached hydrogen (secondary N) is 1. The highest BCUT2D eigenvalue weighted by atomic mass is 32.2. The van der Waals surface area contributed by atoms with Crippen LogP contribution in [0.3, 0.4) is 0 Å². The van der Waals surface area contributed by atoms with Crippen molar-refractivity contribution >= 4 is 21.7 Å². The van der Waals surface area contributed by atoms with Crippen LogP contribution >= 0.6 is 0 Å². The maximum atomic E-state index is 12.1. The molecule has 0 aromatic heterocycles. The van der Waals surface area contributed by atoms with E-state index >= 15 is 0 Å². The Morgan fingerprint density at radius 1 is 1.17 bits per heavy atom. The summed E-state index contributed by atoms with van der Waals surface area (Å²) < 4.78 is 31.2. The number of sulfonamides is 1. The van der Waals surface area contributed by atoms with Crippen molar-refractivity contribution in [2.75, 3.05) is 17.6 Å². The van der Waals surface area contributed by atoms with E-state index in [2.05, 4.69) is 16.4 Å². The van der Waals surface area contributed by atoms with Crippen molar-refractivity contribution in [1.82, 2.24) is 0 Å². The first-order valence-electron chi connectivity index (χ1n) is 7.81. The van der Waals surface area contributed by atoms with E-state index in [-0.39, 0.29) is 22.8 Å². The number of carbonyl (C=O) groups excluding carboxylic acids is 1. The van der Waals surface area contributed by atoms with Gasteiger partial charge in [-0.1, -0.05) is 39.0 Å². The molecule has 1 rings (SSSR count). The molecule has 0 aliphatic rings. The Balaban J connectivity index is 2.65. The van der Waals surface area contributed by atoms with Crippen LogP contribution in [0.25, 0.3) is 0 Å². The SMILES string of the molecule is CCCCCCCCS(=O)(=O)Nc1ccc(O)cc1C(=O)OC. The minimum atomic E-state index is -3.54. The van der Waals surface area contributed by atoms with Crippen molar-refractivity contribution in [3.05, 3.63) is 23.8 Å². The van der Waals surface area contributed by atoms with Crippen LogP contribution in [0, 0.1) is 0 Å². The summed E-state index contributed by atoms with van der Waals surface area (Å²) in [6.07, 6.45) is 5.90. The second-order valence-corrected chi connectivity index (χ2v) is 7.25. The second-order valence-electron chi connectivity index (χ2n) is 5.41. The third-order valence-electron chi connectivity index (χ3n) is 3.44. The zero-order valence-electron chi connectivity index (χ0n) is 13.7. The number of unbranched alkanes of at least 4 members (excludes halogenated alkanes) is 5. The van der Waals surface area contributed by atoms with Gasteiger partial charge in [0.15, 0.2) is 0 Å². The molecule has 0 atom stereocenters. The van der Waals surface area contributed by atoms with Crippen LogP contribution in [-0.2, 0) is 14.8 Å². The first-order valence-corrected chi connectivity index (χ1v) is 9.46. The molecule has 1 aromatic carbocycles. The minimum absolute atomic E-state index is 0.000609. The number of carbonyl (C=O) groups is 1. The lowest BCUT2D eigenvalue weighted by atomic mass is 10.1. The number of methoxy groups -OCH3 is 1. The molecule has 0 spiro atoms. The number of esters is 1. The lowest BCUT2D eigenvalue weighted by Gasteiger charge is -2.12. The fraction of sp³-hybridized carbons (Fsp3) is 0.562. The standard InChI is InChI=1S/C16H25NO5S/c1-3-4-5-6-7-8-11-23(20,21)17-15-10-9-13(18)12-14(15)16(19)22-2/h9-10,12,17-18H,3-8,11H2,1-2H3. The third kappa shape index (κ3) is 6.90. The van der Waals surface area contributed by atoms with E-state index in [0.29, 0.717) is 6.42 Å². The summed E-state index contributed by atoms with van der Waals surface area (Å²) in [5, 5.41) is 9.44. The van der Waals surface area contributed by atoms with E-state index in [9.17, 15) is 18.3 Å². The molecule has 23 heavy (non-hydrogen) atoms. The van der Waals surface area contributed by atoms with E-state index in [1.54, 1.807) is 0 Å². The number of phenolic OH excluding ortho intramolecular Hbond substituents is 1. The molecule has 0 saturated heterocycles. The zero-order valence-corrected chi connectivity index (χ0v) is 14.5. The van der Waals surface area contributed by atoms with E-state index < -0.39 is 16.0 Å². The third-order valence-corrected chi connectivity index (χ3v) is 4.80. The number of hydrogen-bond acceptors (Lipinski definition) is 5. The summed E-state index contributed by atoms with van der Waals surface area (Å²) in [4.78, 5) is 11.7. The molecule has 2 N–H and O–H groups in total. The Bertz CT molecular complexity index is 613. The van der Waals surface area contributed by atoms with Gasteiger partial charge in [0.1, 0.15) is 5.75 Å². The van der Waals surface area contributed by atoms with E-state index in [1.165, 1.54) is 31.7 Å². The number of hydrogen-bond donors (Lipinski definition) is 2. The molecule has 0 amide bonds. The Labute approximate surface area is 137 Å². The van der Waals surface area contributed by atoms with Gasteiger partial charge in [-0.05, 0) is 24.6 Å². The van der Waals surface area contributed by atoms with Crippen LogP contribution in [0.15, 0.2) is 18.2 Å². The van der Waals surface area contributed by atoms with E-state index in [1.807, 2.05) is 0 Å². The van der Waals surface area contributed by atoms with Gasteiger partial charge >= 0.3 is 5.97 Å². The number of anilines is 1. The van der Waals surface area contributed by atoms with Gasteiger partial charge < -0.3 is 9.84 Å². The van der Waals surface area contributed by atoms with Crippen molar-refractivity contribution in [2.24, 2.45) is 0 Å². The molecule has 0 heterocycles. The topological polar surface area (TPSA) is 92.7 Å². The fourth-order valence-electron chi connectivity index (χ4n) is 2.19. The maximum absolute atomic E-state index is 12.1. The largest absolute Gasteiger partial charge is 0.508 e. The summed E-state index contributed by atoms with van der Waals surface area (Å²) in [5.74, 6) is -0.844. The number of rotatable bonds is 10. The van der Waals surface area contributed by atoms with Crippen LogP contribution in [0.2, 0.25) is 0 Å². The molecule has 0 radical (unpaired) electrons. The predicted molar refractivity (Wildman–Crippen MR) is 90.2 cm³/mol. The van der Waals surface area contributed by atoms with Gasteiger partial charge in [-0.3, -0.25) is 4.72 Å². The van der Waals surface area contributed by atoms with Crippen LogP contribution in [-0.4, -0.2) is 32.4 Å². The summed E-state index contributed by atoms with van der Waals surface area (Å²) in [6, 6.07) is 3.84. The maximum Gasteiger partial charge on any atom is 0.340 e. The molecular formula is C16H25NO5S. The molecule has 7 heteroatoms. The van der Waals surface area contributed by atoms with Crippen molar-refractivity contribution in [1.29, 1.82) is 0 Å². The quantitative estimate of drug-likeness (QED) is 0.386. The van der Waals surface area contributed by atoms with Gasteiger partial charge in [0.25, 0.3) is 0 Å². The molecule has 0 unspecified atom stereocenters. The molecule has 6 nitrogen and oxygen atoms in total. The number of benzene rings is 1. The highest BCUT2D eigenvalue weighted by Crippen LogP contribution is 2.23. The van der Waals surface area contributed by atoms with Crippen LogP contribution in [0.1, 0.15) is 55.8 Å². The number of ether oxygens (including phenoxy) is 1. The molecule has 0 aliphatic heterocycles. The molecule has 0 bridgehead atoms. The van der Waals surface area contributed by atoms with E-state index in [4.69, 9.17) is 0 Å². The Morgan fingerprint density at radius 3 is 2.48 bits per heavy atom.